The van der Waals surface area contributed by atoms with Gasteiger partial charge in [-0.25, -0.2) is 4.39 Å². The molecule has 21 heavy (non-hydrogen) atoms. The summed E-state index contributed by atoms with van der Waals surface area (Å²) in [6, 6.07) is 13.5. The molecule has 0 aliphatic heterocycles. The molecule has 0 radical (unpaired) electrons. The number of halogens is 2. The normalized spacial score (nSPS) is 12.4. The number of aryl methyl sites for hydroxylation is 2. The largest absolute Gasteiger partial charge is 0.317 e. The van der Waals surface area contributed by atoms with Crippen molar-refractivity contribution in [3.63, 3.8) is 0 Å². The van der Waals surface area contributed by atoms with Crippen LogP contribution in [0.15, 0.2) is 42.5 Å². The van der Waals surface area contributed by atoms with Gasteiger partial charge in [0.05, 0.1) is 0 Å². The van der Waals surface area contributed by atoms with Gasteiger partial charge in [0.1, 0.15) is 5.82 Å². The second-order valence-electron chi connectivity index (χ2n) is 5.45. The van der Waals surface area contributed by atoms with Crippen LogP contribution in [0.1, 0.15) is 23.1 Å². The van der Waals surface area contributed by atoms with Crippen molar-refractivity contribution < 1.29 is 4.39 Å². The summed E-state index contributed by atoms with van der Waals surface area (Å²) in [5, 5.41) is 3.86. The molecule has 2 aromatic rings. The number of likely N-dealkylation sites (N-methyl/N-ethyl adjacent to an activating group) is 1. The molecule has 2 rings (SSSR count). The van der Waals surface area contributed by atoms with Crippen LogP contribution in [-0.4, -0.2) is 13.1 Å². The van der Waals surface area contributed by atoms with Gasteiger partial charge in [-0.2, -0.15) is 0 Å². The SMILES string of the molecule is CNC(CCc1cccc(C)c1)Cc1cc(Cl)ccc1F. The number of rotatable bonds is 6. The fourth-order valence-electron chi connectivity index (χ4n) is 2.52. The molecule has 1 unspecified atom stereocenters. The maximum Gasteiger partial charge on any atom is 0.126 e. The Kier molecular flexibility index (Phi) is 5.77. The Morgan fingerprint density at radius 2 is 2.00 bits per heavy atom. The maximum absolute atomic E-state index is 13.8. The molecule has 0 amide bonds. The molecule has 112 valence electrons. The zero-order chi connectivity index (χ0) is 15.2. The van der Waals surface area contributed by atoms with E-state index in [-0.39, 0.29) is 11.9 Å². The first kappa shape index (κ1) is 16.0. The van der Waals surface area contributed by atoms with Gasteiger partial charge in [0.2, 0.25) is 0 Å². The molecule has 2 aromatic carbocycles. The molecule has 1 atom stereocenters. The van der Waals surface area contributed by atoms with Gasteiger partial charge in [-0.3, -0.25) is 0 Å². The highest BCUT2D eigenvalue weighted by Gasteiger charge is 2.11. The Morgan fingerprint density at radius 3 is 2.71 bits per heavy atom. The maximum atomic E-state index is 13.8. The fraction of sp³-hybridized carbons (Fsp3) is 0.333. The van der Waals surface area contributed by atoms with Crippen molar-refractivity contribution in [2.45, 2.75) is 32.2 Å². The second kappa shape index (κ2) is 7.58. The van der Waals surface area contributed by atoms with Crippen LogP contribution in [0.25, 0.3) is 0 Å². The molecule has 0 aliphatic rings. The molecule has 0 fully saturated rings. The minimum absolute atomic E-state index is 0.185. The van der Waals surface area contributed by atoms with E-state index in [9.17, 15) is 4.39 Å². The highest BCUT2D eigenvalue weighted by Crippen LogP contribution is 2.18. The van der Waals surface area contributed by atoms with Crippen molar-refractivity contribution in [1.29, 1.82) is 0 Å². The van der Waals surface area contributed by atoms with Gasteiger partial charge >= 0.3 is 0 Å². The van der Waals surface area contributed by atoms with E-state index in [1.165, 1.54) is 17.2 Å². The Morgan fingerprint density at radius 1 is 1.19 bits per heavy atom. The Labute approximate surface area is 131 Å². The molecule has 0 saturated carbocycles. The van der Waals surface area contributed by atoms with Crippen LogP contribution >= 0.6 is 11.6 Å². The van der Waals surface area contributed by atoms with Gasteiger partial charge < -0.3 is 5.32 Å². The minimum atomic E-state index is -0.185. The lowest BCUT2D eigenvalue weighted by molar-refractivity contribution is 0.504. The molecule has 0 aromatic heterocycles. The lowest BCUT2D eigenvalue weighted by atomic mass is 9.98. The van der Waals surface area contributed by atoms with E-state index in [1.54, 1.807) is 12.1 Å². The van der Waals surface area contributed by atoms with Crippen molar-refractivity contribution in [3.8, 4) is 0 Å². The molecule has 3 heteroatoms. The van der Waals surface area contributed by atoms with Gasteiger partial charge in [-0.05, 0) is 62.6 Å². The second-order valence-corrected chi connectivity index (χ2v) is 5.89. The van der Waals surface area contributed by atoms with E-state index in [0.29, 0.717) is 17.0 Å². The quantitative estimate of drug-likeness (QED) is 0.825. The number of nitrogens with one attached hydrogen (secondary N) is 1. The predicted octanol–water partition coefficient (Wildman–Crippen LogP) is 4.55. The monoisotopic (exact) mass is 305 g/mol. The lowest BCUT2D eigenvalue weighted by Gasteiger charge is -2.17. The first-order valence-corrected chi connectivity index (χ1v) is 7.63. The van der Waals surface area contributed by atoms with Gasteiger partial charge in [0, 0.05) is 11.1 Å². The van der Waals surface area contributed by atoms with E-state index in [2.05, 4.69) is 36.5 Å². The van der Waals surface area contributed by atoms with Crippen molar-refractivity contribution in [3.05, 3.63) is 70.0 Å². The summed E-state index contributed by atoms with van der Waals surface area (Å²) in [5.74, 6) is -0.185. The van der Waals surface area contributed by atoms with Gasteiger partial charge in [-0.15, -0.1) is 0 Å². The average Bonchev–Trinajstić information content (AvgIpc) is 2.47. The van der Waals surface area contributed by atoms with E-state index in [0.717, 1.165) is 12.8 Å². The molecule has 1 N–H and O–H groups in total. The van der Waals surface area contributed by atoms with Crippen molar-refractivity contribution in [2.75, 3.05) is 7.05 Å². The molecular weight excluding hydrogens is 285 g/mol. The van der Waals surface area contributed by atoms with E-state index < -0.39 is 0 Å². The van der Waals surface area contributed by atoms with Crippen molar-refractivity contribution >= 4 is 11.6 Å². The standard InChI is InChI=1S/C18H21ClFN/c1-13-4-3-5-14(10-13)6-8-17(21-2)12-15-11-16(19)7-9-18(15)20/h3-5,7,9-11,17,21H,6,8,12H2,1-2H3. The van der Waals surface area contributed by atoms with Crippen LogP contribution in [0.2, 0.25) is 5.02 Å². The molecule has 0 heterocycles. The molecule has 0 spiro atoms. The summed E-state index contributed by atoms with van der Waals surface area (Å²) in [5.41, 5.74) is 3.27. The molecular formula is C18H21ClFN. The van der Waals surface area contributed by atoms with Gasteiger partial charge in [-0.1, -0.05) is 41.4 Å². The van der Waals surface area contributed by atoms with Crippen LogP contribution in [0.3, 0.4) is 0 Å². The Hall–Kier alpha value is -1.38. The van der Waals surface area contributed by atoms with Crippen LogP contribution in [-0.2, 0) is 12.8 Å². The summed E-state index contributed by atoms with van der Waals surface area (Å²) in [6.07, 6.45) is 2.59. The minimum Gasteiger partial charge on any atom is -0.317 e. The fourth-order valence-corrected chi connectivity index (χ4v) is 2.72. The van der Waals surface area contributed by atoms with E-state index >= 15 is 0 Å². The van der Waals surface area contributed by atoms with Gasteiger partial charge in [0.15, 0.2) is 0 Å². The number of benzene rings is 2. The highest BCUT2D eigenvalue weighted by atomic mass is 35.5. The first-order valence-electron chi connectivity index (χ1n) is 7.25. The average molecular weight is 306 g/mol. The van der Waals surface area contributed by atoms with Gasteiger partial charge in [0.25, 0.3) is 0 Å². The van der Waals surface area contributed by atoms with Crippen LogP contribution < -0.4 is 5.32 Å². The highest BCUT2D eigenvalue weighted by molar-refractivity contribution is 6.30. The molecule has 0 saturated heterocycles. The number of hydrogen-bond acceptors (Lipinski definition) is 1. The molecule has 0 aliphatic carbocycles. The summed E-state index contributed by atoms with van der Waals surface area (Å²) < 4.78 is 13.8. The number of hydrogen-bond donors (Lipinski definition) is 1. The van der Waals surface area contributed by atoms with Crippen molar-refractivity contribution in [1.82, 2.24) is 5.32 Å². The summed E-state index contributed by atoms with van der Waals surface area (Å²) in [6.45, 7) is 2.10. The summed E-state index contributed by atoms with van der Waals surface area (Å²) in [7, 11) is 1.92. The molecule has 0 bridgehead atoms. The van der Waals surface area contributed by atoms with E-state index in [4.69, 9.17) is 11.6 Å². The van der Waals surface area contributed by atoms with Crippen molar-refractivity contribution in [2.24, 2.45) is 0 Å². The Balaban J connectivity index is 1.98. The third-order valence-corrected chi connectivity index (χ3v) is 3.98. The van der Waals surface area contributed by atoms with Crippen LogP contribution in [0.4, 0.5) is 4.39 Å². The summed E-state index contributed by atoms with van der Waals surface area (Å²) in [4.78, 5) is 0. The lowest BCUT2D eigenvalue weighted by Crippen LogP contribution is -2.28. The predicted molar refractivity (Wildman–Crippen MR) is 87.5 cm³/mol. The summed E-state index contributed by atoms with van der Waals surface area (Å²) >= 11 is 5.95. The third-order valence-electron chi connectivity index (χ3n) is 3.75. The topological polar surface area (TPSA) is 12.0 Å². The zero-order valence-corrected chi connectivity index (χ0v) is 13.3. The smallest absolute Gasteiger partial charge is 0.126 e. The van der Waals surface area contributed by atoms with Crippen LogP contribution in [0, 0.1) is 12.7 Å². The van der Waals surface area contributed by atoms with E-state index in [1.807, 2.05) is 7.05 Å². The molecule has 1 nitrogen and oxygen atoms in total. The zero-order valence-electron chi connectivity index (χ0n) is 12.5. The third kappa shape index (κ3) is 4.83. The van der Waals surface area contributed by atoms with Crippen LogP contribution in [0.5, 0.6) is 0 Å². The first-order chi connectivity index (χ1) is 10.1. The Bertz CT molecular complexity index is 598.